The zero-order valence-corrected chi connectivity index (χ0v) is 14.0. The quantitative estimate of drug-likeness (QED) is 0.875. The van der Waals surface area contributed by atoms with E-state index in [4.69, 9.17) is 10.5 Å². The maximum absolute atomic E-state index is 11.7. The van der Waals surface area contributed by atoms with Crippen LogP contribution in [0.3, 0.4) is 0 Å². The SMILES string of the molecule is COc1ncc(-c2ccc(N(C(=O)O)C3CCC(N)CC3)nc2)cn1. The molecule has 0 spiro atoms. The number of nitrogens with zero attached hydrogens (tertiary/aromatic N) is 4. The maximum atomic E-state index is 11.7. The van der Waals surface area contributed by atoms with E-state index in [0.29, 0.717) is 11.8 Å². The number of hydrogen-bond acceptors (Lipinski definition) is 6. The molecule has 0 bridgehead atoms. The van der Waals surface area contributed by atoms with E-state index in [1.807, 2.05) is 6.07 Å². The van der Waals surface area contributed by atoms with E-state index in [0.717, 1.165) is 36.8 Å². The summed E-state index contributed by atoms with van der Waals surface area (Å²) in [6, 6.07) is 3.90. The van der Waals surface area contributed by atoms with Crippen molar-refractivity contribution in [1.82, 2.24) is 15.0 Å². The molecule has 2 aromatic heterocycles. The lowest BCUT2D eigenvalue weighted by Crippen LogP contribution is -2.44. The van der Waals surface area contributed by atoms with Crippen molar-refractivity contribution in [1.29, 1.82) is 0 Å². The second kappa shape index (κ2) is 7.43. The molecule has 3 rings (SSSR count). The summed E-state index contributed by atoms with van der Waals surface area (Å²) in [5.74, 6) is 0.422. The molecule has 0 aromatic carbocycles. The van der Waals surface area contributed by atoms with Crippen LogP contribution in [-0.4, -0.2) is 45.3 Å². The molecule has 3 N–H and O–H groups in total. The van der Waals surface area contributed by atoms with Gasteiger partial charge in [-0.25, -0.2) is 19.7 Å². The molecule has 25 heavy (non-hydrogen) atoms. The molecule has 2 aromatic rings. The number of carboxylic acid groups (broad SMARTS) is 1. The van der Waals surface area contributed by atoms with Crippen LogP contribution in [0.2, 0.25) is 0 Å². The van der Waals surface area contributed by atoms with Crippen molar-refractivity contribution in [3.8, 4) is 17.1 Å². The van der Waals surface area contributed by atoms with Gasteiger partial charge in [0, 0.05) is 41.8 Å². The van der Waals surface area contributed by atoms with Crippen molar-refractivity contribution in [3.63, 3.8) is 0 Å². The van der Waals surface area contributed by atoms with Gasteiger partial charge in [-0.3, -0.25) is 4.90 Å². The molecule has 0 atom stereocenters. The molecular weight excluding hydrogens is 322 g/mol. The fourth-order valence-electron chi connectivity index (χ4n) is 3.07. The summed E-state index contributed by atoms with van der Waals surface area (Å²) < 4.78 is 4.94. The second-order valence-corrected chi connectivity index (χ2v) is 6.08. The Hall–Kier alpha value is -2.74. The summed E-state index contributed by atoms with van der Waals surface area (Å²) >= 11 is 0. The van der Waals surface area contributed by atoms with Crippen LogP contribution < -0.4 is 15.4 Å². The lowest BCUT2D eigenvalue weighted by atomic mass is 9.91. The van der Waals surface area contributed by atoms with E-state index in [1.54, 1.807) is 24.7 Å². The Balaban J connectivity index is 1.80. The molecular formula is C17H21N5O3. The van der Waals surface area contributed by atoms with E-state index < -0.39 is 6.09 Å². The summed E-state index contributed by atoms with van der Waals surface area (Å²) in [5.41, 5.74) is 7.51. The van der Waals surface area contributed by atoms with Crippen molar-refractivity contribution in [2.24, 2.45) is 5.73 Å². The Bertz CT molecular complexity index is 712. The van der Waals surface area contributed by atoms with Gasteiger partial charge in [0.25, 0.3) is 0 Å². The minimum Gasteiger partial charge on any atom is -0.467 e. The van der Waals surface area contributed by atoms with Gasteiger partial charge < -0.3 is 15.6 Å². The largest absolute Gasteiger partial charge is 0.467 e. The van der Waals surface area contributed by atoms with Gasteiger partial charge in [0.1, 0.15) is 5.82 Å². The Morgan fingerprint density at radius 2 is 1.76 bits per heavy atom. The number of methoxy groups -OCH3 is 1. The van der Waals surface area contributed by atoms with Crippen LogP contribution in [0.25, 0.3) is 11.1 Å². The fourth-order valence-corrected chi connectivity index (χ4v) is 3.07. The number of anilines is 1. The second-order valence-electron chi connectivity index (χ2n) is 6.08. The van der Waals surface area contributed by atoms with Gasteiger partial charge in [-0.1, -0.05) is 0 Å². The van der Waals surface area contributed by atoms with Crippen LogP contribution in [-0.2, 0) is 0 Å². The Labute approximate surface area is 145 Å². The van der Waals surface area contributed by atoms with Crippen LogP contribution in [0, 0.1) is 0 Å². The molecule has 0 radical (unpaired) electrons. The summed E-state index contributed by atoms with van der Waals surface area (Å²) in [5, 5.41) is 9.61. The molecule has 1 aliphatic rings. The van der Waals surface area contributed by atoms with Gasteiger partial charge in [-0.05, 0) is 37.8 Å². The van der Waals surface area contributed by atoms with Crippen LogP contribution >= 0.6 is 0 Å². The van der Waals surface area contributed by atoms with Crippen molar-refractivity contribution >= 4 is 11.9 Å². The predicted molar refractivity (Wildman–Crippen MR) is 92.6 cm³/mol. The molecule has 2 heterocycles. The lowest BCUT2D eigenvalue weighted by molar-refractivity contribution is 0.195. The minimum absolute atomic E-state index is 0.0834. The molecule has 1 aliphatic carbocycles. The van der Waals surface area contributed by atoms with E-state index >= 15 is 0 Å². The van der Waals surface area contributed by atoms with Crippen LogP contribution in [0.1, 0.15) is 25.7 Å². The first-order valence-corrected chi connectivity index (χ1v) is 8.18. The predicted octanol–water partition coefficient (Wildman–Crippen LogP) is 2.30. The summed E-state index contributed by atoms with van der Waals surface area (Å²) in [6.45, 7) is 0. The van der Waals surface area contributed by atoms with E-state index in [9.17, 15) is 9.90 Å². The summed E-state index contributed by atoms with van der Waals surface area (Å²) in [6.07, 6.45) is 7.08. The average molecular weight is 343 g/mol. The molecule has 1 saturated carbocycles. The fraction of sp³-hybridized carbons (Fsp3) is 0.412. The minimum atomic E-state index is -0.992. The standard InChI is InChI=1S/C17H21N5O3/c1-25-16-20-9-12(10-21-16)11-2-7-15(19-8-11)22(17(23)24)14-5-3-13(18)4-6-14/h2,7-10,13-14H,3-6,18H2,1H3,(H,23,24). The third-order valence-electron chi connectivity index (χ3n) is 4.45. The normalized spacial score (nSPS) is 20.1. The molecule has 1 fully saturated rings. The lowest BCUT2D eigenvalue weighted by Gasteiger charge is -2.33. The zero-order valence-electron chi connectivity index (χ0n) is 14.0. The van der Waals surface area contributed by atoms with E-state index in [2.05, 4.69) is 15.0 Å². The Morgan fingerprint density at radius 1 is 1.12 bits per heavy atom. The number of pyridine rings is 1. The number of nitrogens with two attached hydrogens (primary N) is 1. The van der Waals surface area contributed by atoms with Crippen LogP contribution in [0.5, 0.6) is 6.01 Å². The molecule has 0 saturated heterocycles. The summed E-state index contributed by atoms with van der Waals surface area (Å²) in [7, 11) is 1.50. The Kier molecular flexibility index (Phi) is 5.08. The summed E-state index contributed by atoms with van der Waals surface area (Å²) in [4.78, 5) is 25.5. The number of ether oxygens (including phenoxy) is 1. The third kappa shape index (κ3) is 3.85. The smallest absolute Gasteiger partial charge is 0.413 e. The first-order chi connectivity index (χ1) is 12.1. The highest BCUT2D eigenvalue weighted by Gasteiger charge is 2.29. The zero-order chi connectivity index (χ0) is 17.8. The number of rotatable bonds is 4. The topological polar surface area (TPSA) is 114 Å². The van der Waals surface area contributed by atoms with Crippen molar-refractivity contribution < 1.29 is 14.6 Å². The van der Waals surface area contributed by atoms with Crippen molar-refractivity contribution in [2.45, 2.75) is 37.8 Å². The van der Waals surface area contributed by atoms with Gasteiger partial charge in [0.05, 0.1) is 7.11 Å². The van der Waals surface area contributed by atoms with Crippen molar-refractivity contribution in [3.05, 3.63) is 30.7 Å². The highest BCUT2D eigenvalue weighted by atomic mass is 16.5. The molecule has 0 aliphatic heterocycles. The number of hydrogen-bond donors (Lipinski definition) is 2. The van der Waals surface area contributed by atoms with Crippen LogP contribution in [0.4, 0.5) is 10.6 Å². The first-order valence-electron chi connectivity index (χ1n) is 8.18. The van der Waals surface area contributed by atoms with Crippen molar-refractivity contribution in [2.75, 3.05) is 12.0 Å². The van der Waals surface area contributed by atoms with Gasteiger partial charge in [0.2, 0.25) is 0 Å². The third-order valence-corrected chi connectivity index (χ3v) is 4.45. The maximum Gasteiger partial charge on any atom is 0.413 e. The molecule has 1 amide bonds. The average Bonchev–Trinajstić information content (AvgIpc) is 2.64. The van der Waals surface area contributed by atoms with Gasteiger partial charge >= 0.3 is 12.1 Å². The van der Waals surface area contributed by atoms with Gasteiger partial charge in [0.15, 0.2) is 0 Å². The number of carbonyl (C=O) groups is 1. The van der Waals surface area contributed by atoms with E-state index in [-0.39, 0.29) is 12.1 Å². The molecule has 8 heteroatoms. The van der Waals surface area contributed by atoms with Gasteiger partial charge in [-0.2, -0.15) is 0 Å². The highest BCUT2D eigenvalue weighted by Crippen LogP contribution is 2.27. The molecule has 0 unspecified atom stereocenters. The van der Waals surface area contributed by atoms with Gasteiger partial charge in [-0.15, -0.1) is 0 Å². The number of amides is 1. The number of aromatic nitrogens is 3. The first kappa shape index (κ1) is 17.1. The molecule has 132 valence electrons. The highest BCUT2D eigenvalue weighted by molar-refractivity contribution is 5.85. The van der Waals surface area contributed by atoms with Crippen LogP contribution in [0.15, 0.2) is 30.7 Å². The van der Waals surface area contributed by atoms with E-state index in [1.165, 1.54) is 12.0 Å². The monoisotopic (exact) mass is 343 g/mol. The molecule has 8 nitrogen and oxygen atoms in total. The Morgan fingerprint density at radius 3 is 2.28 bits per heavy atom.